The van der Waals surface area contributed by atoms with Crippen molar-refractivity contribution in [1.82, 2.24) is 4.98 Å². The van der Waals surface area contributed by atoms with E-state index in [4.69, 9.17) is 27.9 Å². The number of aromatic nitrogens is 1. The number of sulfonamides is 1. The van der Waals surface area contributed by atoms with Gasteiger partial charge in [0, 0.05) is 10.9 Å². The molecular formula is C18H13Cl2N3O4S2. The minimum atomic E-state index is -3.87. The molecule has 0 spiro atoms. The Morgan fingerprint density at radius 1 is 1.17 bits per heavy atom. The molecule has 7 nitrogen and oxygen atoms in total. The first-order valence-corrected chi connectivity index (χ1v) is 11.4. The number of ether oxygens (including phenoxy) is 1. The molecule has 1 atom stereocenters. The molecule has 0 saturated heterocycles. The average molecular weight is 470 g/mol. The molecule has 1 unspecified atom stereocenters. The molecular weight excluding hydrogens is 457 g/mol. The molecule has 0 bridgehead atoms. The van der Waals surface area contributed by atoms with Crippen LogP contribution in [0.25, 0.3) is 11.3 Å². The zero-order chi connectivity index (χ0) is 20.8. The summed E-state index contributed by atoms with van der Waals surface area (Å²) in [7, 11) is -3.87. The van der Waals surface area contributed by atoms with Gasteiger partial charge < -0.3 is 10.1 Å². The van der Waals surface area contributed by atoms with Crippen LogP contribution >= 0.6 is 34.5 Å². The van der Waals surface area contributed by atoms with Gasteiger partial charge in [-0.1, -0.05) is 23.2 Å². The van der Waals surface area contributed by atoms with Crippen molar-refractivity contribution < 1.29 is 17.9 Å². The highest BCUT2D eigenvalue weighted by Gasteiger charge is 2.24. The molecule has 3 aromatic rings. The molecule has 1 aliphatic heterocycles. The van der Waals surface area contributed by atoms with Crippen molar-refractivity contribution in [3.8, 4) is 17.0 Å². The van der Waals surface area contributed by atoms with E-state index in [-0.39, 0.29) is 26.0 Å². The average Bonchev–Trinajstić information content (AvgIpc) is 3.12. The van der Waals surface area contributed by atoms with Crippen LogP contribution in [0.5, 0.6) is 5.75 Å². The molecule has 2 aromatic carbocycles. The van der Waals surface area contributed by atoms with E-state index in [2.05, 4.69) is 15.0 Å². The summed E-state index contributed by atoms with van der Waals surface area (Å²) in [4.78, 5) is 16.1. The highest BCUT2D eigenvalue weighted by atomic mass is 35.5. The fourth-order valence-electron chi connectivity index (χ4n) is 2.64. The van der Waals surface area contributed by atoms with Crippen molar-refractivity contribution in [3.05, 3.63) is 51.8 Å². The van der Waals surface area contributed by atoms with E-state index in [0.717, 1.165) is 11.3 Å². The van der Waals surface area contributed by atoms with Gasteiger partial charge in [0.1, 0.15) is 5.75 Å². The summed E-state index contributed by atoms with van der Waals surface area (Å²) in [6.45, 7) is 1.67. The number of halogens is 2. The van der Waals surface area contributed by atoms with Gasteiger partial charge in [0.15, 0.2) is 11.2 Å². The first-order valence-electron chi connectivity index (χ1n) is 8.28. The number of carbonyl (C=O) groups excluding carboxylic acids is 1. The van der Waals surface area contributed by atoms with Crippen LogP contribution in [0.15, 0.2) is 46.7 Å². The Morgan fingerprint density at radius 2 is 1.97 bits per heavy atom. The van der Waals surface area contributed by atoms with Crippen LogP contribution < -0.4 is 14.8 Å². The van der Waals surface area contributed by atoms with E-state index in [1.165, 1.54) is 18.2 Å². The van der Waals surface area contributed by atoms with Gasteiger partial charge in [0.2, 0.25) is 0 Å². The molecule has 11 heteroatoms. The monoisotopic (exact) mass is 469 g/mol. The van der Waals surface area contributed by atoms with Gasteiger partial charge in [-0.3, -0.25) is 9.52 Å². The summed E-state index contributed by atoms with van der Waals surface area (Å²) < 4.78 is 33.1. The lowest BCUT2D eigenvalue weighted by atomic mass is 10.1. The van der Waals surface area contributed by atoms with Crippen LogP contribution in [0.1, 0.15) is 6.92 Å². The SMILES string of the molecule is CC1Oc2ccc(-c3csc(NS(=O)(=O)c4ccc(Cl)c(Cl)c4)n3)cc2NC1=O. The molecule has 0 radical (unpaired) electrons. The second-order valence-corrected chi connectivity index (χ2v) is 9.53. The Hall–Kier alpha value is -2.33. The zero-order valence-corrected chi connectivity index (χ0v) is 17.9. The van der Waals surface area contributed by atoms with Crippen molar-refractivity contribution in [3.63, 3.8) is 0 Å². The summed E-state index contributed by atoms with van der Waals surface area (Å²) >= 11 is 12.9. The third-order valence-electron chi connectivity index (χ3n) is 4.13. The molecule has 2 N–H and O–H groups in total. The number of hydrogen-bond donors (Lipinski definition) is 2. The number of amides is 1. The van der Waals surface area contributed by atoms with E-state index < -0.39 is 16.1 Å². The number of fused-ring (bicyclic) bond motifs is 1. The summed E-state index contributed by atoms with van der Waals surface area (Å²) in [5.41, 5.74) is 1.80. The number of carbonyl (C=O) groups is 1. The van der Waals surface area contributed by atoms with Gasteiger partial charge in [0.05, 0.1) is 26.3 Å². The normalized spacial score (nSPS) is 16.0. The zero-order valence-electron chi connectivity index (χ0n) is 14.8. The van der Waals surface area contributed by atoms with Crippen LogP contribution in [0.2, 0.25) is 10.0 Å². The predicted octanol–water partition coefficient (Wildman–Crippen LogP) is 4.64. The Morgan fingerprint density at radius 3 is 2.72 bits per heavy atom. The molecule has 29 heavy (non-hydrogen) atoms. The topological polar surface area (TPSA) is 97.4 Å². The second kappa shape index (κ2) is 7.49. The number of anilines is 2. The molecule has 1 aliphatic rings. The van der Waals surface area contributed by atoms with Crippen LogP contribution in [0.4, 0.5) is 10.8 Å². The van der Waals surface area contributed by atoms with Crippen molar-refractivity contribution in [1.29, 1.82) is 0 Å². The van der Waals surface area contributed by atoms with Crippen LogP contribution in [0.3, 0.4) is 0 Å². The minimum Gasteiger partial charge on any atom is -0.479 e. The van der Waals surface area contributed by atoms with E-state index in [9.17, 15) is 13.2 Å². The standard InChI is InChI=1S/C18H13Cl2N3O4S2/c1-9-17(24)21-14-6-10(2-5-16(14)27-9)15-8-28-18(22-15)23-29(25,26)11-3-4-12(19)13(20)7-11/h2-9H,1H3,(H,21,24)(H,22,23). The first kappa shape index (κ1) is 20.0. The van der Waals surface area contributed by atoms with Gasteiger partial charge >= 0.3 is 0 Å². The molecule has 0 fully saturated rings. The predicted molar refractivity (Wildman–Crippen MR) is 114 cm³/mol. The Bertz CT molecular complexity index is 1230. The van der Waals surface area contributed by atoms with E-state index in [1.807, 2.05) is 0 Å². The lowest BCUT2D eigenvalue weighted by Gasteiger charge is -2.23. The van der Waals surface area contributed by atoms with Crippen LogP contribution in [-0.4, -0.2) is 25.4 Å². The fraction of sp³-hybridized carbons (Fsp3) is 0.111. The maximum atomic E-state index is 12.6. The van der Waals surface area contributed by atoms with Gasteiger partial charge in [-0.25, -0.2) is 13.4 Å². The second-order valence-electron chi connectivity index (χ2n) is 6.18. The van der Waals surface area contributed by atoms with Crippen molar-refractivity contribution in [2.24, 2.45) is 0 Å². The van der Waals surface area contributed by atoms with Crippen molar-refractivity contribution in [2.45, 2.75) is 17.9 Å². The van der Waals surface area contributed by atoms with Gasteiger partial charge in [-0.05, 0) is 43.3 Å². The van der Waals surface area contributed by atoms with E-state index in [0.29, 0.717) is 22.7 Å². The summed E-state index contributed by atoms with van der Waals surface area (Å²) in [5, 5.41) is 5.08. The number of nitrogens with zero attached hydrogens (tertiary/aromatic N) is 1. The quantitative estimate of drug-likeness (QED) is 0.579. The number of thiazole rings is 1. The van der Waals surface area contributed by atoms with Gasteiger partial charge in [0.25, 0.3) is 15.9 Å². The Labute approximate surface area is 180 Å². The number of hydrogen-bond acceptors (Lipinski definition) is 6. The Kier molecular flexibility index (Phi) is 5.16. The number of nitrogens with one attached hydrogen (secondary N) is 2. The lowest BCUT2D eigenvalue weighted by Crippen LogP contribution is -2.34. The molecule has 150 valence electrons. The molecule has 0 saturated carbocycles. The maximum absolute atomic E-state index is 12.6. The minimum absolute atomic E-state index is 0.0218. The highest BCUT2D eigenvalue weighted by Crippen LogP contribution is 2.35. The molecule has 1 amide bonds. The highest BCUT2D eigenvalue weighted by molar-refractivity contribution is 7.93. The molecule has 2 heterocycles. The summed E-state index contributed by atoms with van der Waals surface area (Å²) in [6.07, 6.45) is -0.560. The number of benzene rings is 2. The van der Waals surface area contributed by atoms with E-state index >= 15 is 0 Å². The third kappa shape index (κ3) is 4.04. The molecule has 1 aromatic heterocycles. The summed E-state index contributed by atoms with van der Waals surface area (Å²) in [6, 6.07) is 9.29. The molecule has 4 rings (SSSR count). The van der Waals surface area contributed by atoms with Crippen LogP contribution in [-0.2, 0) is 14.8 Å². The van der Waals surface area contributed by atoms with Crippen molar-refractivity contribution >= 4 is 61.3 Å². The number of rotatable bonds is 4. The maximum Gasteiger partial charge on any atom is 0.265 e. The summed E-state index contributed by atoms with van der Waals surface area (Å²) in [5.74, 6) is 0.333. The third-order valence-corrected chi connectivity index (χ3v) is 7.10. The fourth-order valence-corrected chi connectivity index (χ4v) is 5.00. The van der Waals surface area contributed by atoms with Gasteiger partial charge in [-0.2, -0.15) is 0 Å². The smallest absolute Gasteiger partial charge is 0.265 e. The molecule has 0 aliphatic carbocycles. The van der Waals surface area contributed by atoms with E-state index in [1.54, 1.807) is 30.5 Å². The lowest BCUT2D eigenvalue weighted by molar-refractivity contribution is -0.122. The van der Waals surface area contributed by atoms with Gasteiger partial charge in [-0.15, -0.1) is 11.3 Å². The Balaban J connectivity index is 1.58. The largest absolute Gasteiger partial charge is 0.479 e. The first-order chi connectivity index (χ1) is 13.7. The van der Waals surface area contributed by atoms with Crippen LogP contribution in [0, 0.1) is 0 Å². The van der Waals surface area contributed by atoms with Crippen molar-refractivity contribution in [2.75, 3.05) is 10.0 Å².